The Bertz CT molecular complexity index is 994. The number of ether oxygens (including phenoxy) is 2. The van der Waals surface area contributed by atoms with Gasteiger partial charge in [0.1, 0.15) is 19.3 Å². The van der Waals surface area contributed by atoms with E-state index in [-0.39, 0.29) is 50.9 Å². The molecular formula is C30H43N3O7. The zero-order valence-electron chi connectivity index (χ0n) is 23.3. The SMILES string of the molecule is C[C@H](CO)NC(=O)C[C@H]1CC=CC[C@@H](NC(=O)OCc2ccccc2)C(=O)OC[C@H](CC2CCCCC2)NC1=O. The van der Waals surface area contributed by atoms with E-state index in [9.17, 15) is 24.3 Å². The summed E-state index contributed by atoms with van der Waals surface area (Å²) >= 11 is 0. The van der Waals surface area contributed by atoms with Crippen molar-refractivity contribution in [1.82, 2.24) is 16.0 Å². The van der Waals surface area contributed by atoms with Gasteiger partial charge < -0.3 is 30.5 Å². The Morgan fingerprint density at radius 2 is 1.82 bits per heavy atom. The summed E-state index contributed by atoms with van der Waals surface area (Å²) in [6.45, 7) is 1.53. The van der Waals surface area contributed by atoms with E-state index < -0.39 is 36.1 Å². The molecule has 4 atom stereocenters. The molecule has 220 valence electrons. The lowest BCUT2D eigenvalue weighted by Crippen LogP contribution is -2.47. The molecule has 1 saturated carbocycles. The lowest BCUT2D eigenvalue weighted by Gasteiger charge is -2.29. The minimum atomic E-state index is -0.961. The topological polar surface area (TPSA) is 143 Å². The van der Waals surface area contributed by atoms with Gasteiger partial charge in [0.05, 0.1) is 18.6 Å². The first kappa shape index (κ1) is 31.1. The number of allylic oxidation sites excluding steroid dienone is 1. The van der Waals surface area contributed by atoms with Crippen molar-refractivity contribution in [2.45, 2.75) is 89.4 Å². The molecule has 1 aliphatic heterocycles. The fraction of sp³-hybridized carbons (Fsp3) is 0.600. The Labute approximate surface area is 236 Å². The van der Waals surface area contributed by atoms with Crippen molar-refractivity contribution in [2.75, 3.05) is 13.2 Å². The lowest BCUT2D eigenvalue weighted by molar-refractivity contribution is -0.147. The quantitative estimate of drug-likeness (QED) is 0.270. The summed E-state index contributed by atoms with van der Waals surface area (Å²) in [5, 5.41) is 17.6. The van der Waals surface area contributed by atoms with E-state index in [2.05, 4.69) is 16.0 Å². The second-order valence-electron chi connectivity index (χ2n) is 10.8. The van der Waals surface area contributed by atoms with Crippen molar-refractivity contribution in [3.8, 4) is 0 Å². The van der Waals surface area contributed by atoms with Crippen LogP contribution < -0.4 is 16.0 Å². The highest BCUT2D eigenvalue weighted by Gasteiger charge is 2.29. The van der Waals surface area contributed by atoms with Crippen molar-refractivity contribution < 1.29 is 33.8 Å². The average molecular weight is 558 g/mol. The zero-order chi connectivity index (χ0) is 28.7. The lowest BCUT2D eigenvalue weighted by atomic mass is 9.84. The normalized spacial score (nSPS) is 23.5. The number of rotatable bonds is 9. The van der Waals surface area contributed by atoms with Gasteiger partial charge in [-0.1, -0.05) is 74.6 Å². The van der Waals surface area contributed by atoms with Gasteiger partial charge in [-0.15, -0.1) is 0 Å². The number of hydrogen-bond donors (Lipinski definition) is 4. The summed E-state index contributed by atoms with van der Waals surface area (Å²) in [5.74, 6) is -1.40. The van der Waals surface area contributed by atoms with Gasteiger partial charge in [0.25, 0.3) is 0 Å². The minimum Gasteiger partial charge on any atom is -0.462 e. The smallest absolute Gasteiger partial charge is 0.408 e. The molecule has 0 aromatic heterocycles. The summed E-state index contributed by atoms with van der Waals surface area (Å²) in [7, 11) is 0. The zero-order valence-corrected chi connectivity index (χ0v) is 23.3. The maximum Gasteiger partial charge on any atom is 0.408 e. The van der Waals surface area contributed by atoms with E-state index in [1.807, 2.05) is 30.3 Å². The van der Waals surface area contributed by atoms with Gasteiger partial charge in [-0.3, -0.25) is 9.59 Å². The van der Waals surface area contributed by atoms with Crippen molar-refractivity contribution >= 4 is 23.9 Å². The molecule has 0 radical (unpaired) electrons. The van der Waals surface area contributed by atoms with E-state index in [0.717, 1.165) is 31.2 Å². The molecule has 0 spiro atoms. The Hall–Kier alpha value is -3.40. The van der Waals surface area contributed by atoms with Crippen LogP contribution in [0.25, 0.3) is 0 Å². The molecule has 3 rings (SSSR count). The first-order valence-electron chi connectivity index (χ1n) is 14.3. The molecule has 3 amide bonds. The molecule has 1 heterocycles. The second kappa shape index (κ2) is 16.6. The summed E-state index contributed by atoms with van der Waals surface area (Å²) in [6, 6.07) is 7.45. The maximum atomic E-state index is 13.3. The van der Waals surface area contributed by atoms with Crippen molar-refractivity contribution in [2.24, 2.45) is 11.8 Å². The molecule has 1 aromatic rings. The van der Waals surface area contributed by atoms with Crippen LogP contribution >= 0.6 is 0 Å². The van der Waals surface area contributed by atoms with Crippen LogP contribution in [-0.4, -0.2) is 60.3 Å². The second-order valence-corrected chi connectivity index (χ2v) is 10.8. The third kappa shape index (κ3) is 11.0. The van der Waals surface area contributed by atoms with Gasteiger partial charge >= 0.3 is 12.1 Å². The number of carbonyl (C=O) groups excluding carboxylic acids is 4. The number of benzene rings is 1. The number of aliphatic hydroxyl groups excluding tert-OH is 1. The standard InChI is InChI=1S/C30H43N3O7/c1-21(18-34)31-27(35)17-24-14-8-9-15-26(33-30(38)40-19-23-12-6-3-7-13-23)29(37)39-20-25(32-28(24)36)16-22-10-4-2-5-11-22/h3,6-9,12-13,21-22,24-26,34H,2,4-5,10-11,14-20H2,1H3,(H,31,35)(H,32,36)(H,33,38)/t21-,24-,25+,26-/m1/s1. The molecule has 4 N–H and O–H groups in total. The van der Waals surface area contributed by atoms with Crippen LogP contribution in [0.3, 0.4) is 0 Å². The number of nitrogens with one attached hydrogen (secondary N) is 3. The van der Waals surface area contributed by atoms with Crippen molar-refractivity contribution in [3.05, 3.63) is 48.0 Å². The van der Waals surface area contributed by atoms with E-state index >= 15 is 0 Å². The Kier molecular flexibility index (Phi) is 13.0. The average Bonchev–Trinajstić information content (AvgIpc) is 2.95. The molecular weight excluding hydrogens is 514 g/mol. The van der Waals surface area contributed by atoms with Crippen LogP contribution in [0.2, 0.25) is 0 Å². The van der Waals surface area contributed by atoms with E-state index in [0.29, 0.717) is 12.3 Å². The first-order chi connectivity index (χ1) is 19.3. The van der Waals surface area contributed by atoms with Gasteiger partial charge in [0.2, 0.25) is 11.8 Å². The monoisotopic (exact) mass is 557 g/mol. The van der Waals surface area contributed by atoms with E-state index in [4.69, 9.17) is 9.47 Å². The Balaban J connectivity index is 1.69. The highest BCUT2D eigenvalue weighted by molar-refractivity contribution is 5.86. The van der Waals surface area contributed by atoms with Gasteiger partial charge in [-0.2, -0.15) is 0 Å². The van der Waals surface area contributed by atoms with E-state index in [1.165, 1.54) is 6.42 Å². The van der Waals surface area contributed by atoms with Crippen LogP contribution in [0.1, 0.15) is 70.3 Å². The predicted octanol–water partition coefficient (Wildman–Crippen LogP) is 3.13. The number of aliphatic hydroxyl groups is 1. The molecule has 1 aliphatic carbocycles. The summed E-state index contributed by atoms with van der Waals surface area (Å²) in [6.07, 6.45) is 9.36. The molecule has 40 heavy (non-hydrogen) atoms. The van der Waals surface area contributed by atoms with Crippen LogP contribution in [0.15, 0.2) is 42.5 Å². The van der Waals surface area contributed by atoms with Crippen LogP contribution in [0.5, 0.6) is 0 Å². The number of esters is 1. The highest BCUT2D eigenvalue weighted by Crippen LogP contribution is 2.28. The van der Waals surface area contributed by atoms with Gasteiger partial charge in [-0.05, 0) is 37.7 Å². The van der Waals surface area contributed by atoms with Crippen molar-refractivity contribution in [3.63, 3.8) is 0 Å². The summed E-state index contributed by atoms with van der Waals surface area (Å²) in [5.41, 5.74) is 0.823. The number of carbonyl (C=O) groups is 4. The van der Waals surface area contributed by atoms with Crippen LogP contribution in [-0.2, 0) is 30.5 Å². The maximum absolute atomic E-state index is 13.3. The molecule has 1 fully saturated rings. The Morgan fingerprint density at radius 3 is 2.55 bits per heavy atom. The molecule has 0 saturated heterocycles. The molecule has 1 aromatic carbocycles. The fourth-order valence-corrected chi connectivity index (χ4v) is 5.10. The van der Waals surface area contributed by atoms with E-state index in [1.54, 1.807) is 19.1 Å². The molecule has 0 unspecified atom stereocenters. The number of amides is 3. The third-order valence-corrected chi connectivity index (χ3v) is 7.35. The van der Waals surface area contributed by atoms with Gasteiger partial charge in [-0.25, -0.2) is 9.59 Å². The summed E-state index contributed by atoms with van der Waals surface area (Å²) < 4.78 is 10.9. The first-order valence-corrected chi connectivity index (χ1v) is 14.3. The molecule has 10 heteroatoms. The number of cyclic esters (lactones) is 1. The van der Waals surface area contributed by atoms with Crippen molar-refractivity contribution in [1.29, 1.82) is 0 Å². The molecule has 0 bridgehead atoms. The van der Waals surface area contributed by atoms with Crippen LogP contribution in [0, 0.1) is 11.8 Å². The molecule has 2 aliphatic rings. The fourth-order valence-electron chi connectivity index (χ4n) is 5.10. The molecule has 10 nitrogen and oxygen atoms in total. The predicted molar refractivity (Wildman–Crippen MR) is 149 cm³/mol. The van der Waals surface area contributed by atoms with Gasteiger partial charge in [0, 0.05) is 12.5 Å². The number of alkyl carbamates (subject to hydrolysis) is 1. The van der Waals surface area contributed by atoms with Crippen LogP contribution in [0.4, 0.5) is 4.79 Å². The minimum absolute atomic E-state index is 0.0253. The largest absolute Gasteiger partial charge is 0.462 e. The number of hydrogen-bond acceptors (Lipinski definition) is 7. The van der Waals surface area contributed by atoms with Gasteiger partial charge in [0.15, 0.2) is 0 Å². The summed E-state index contributed by atoms with van der Waals surface area (Å²) in [4.78, 5) is 51.3. The third-order valence-electron chi connectivity index (χ3n) is 7.35. The highest BCUT2D eigenvalue weighted by atomic mass is 16.6. The Morgan fingerprint density at radius 1 is 1.10 bits per heavy atom.